The number of nitrogens with zero attached hydrogens (tertiary/aromatic N) is 1. The number of rotatable bonds is 3. The number of pyridine rings is 1. The fourth-order valence-corrected chi connectivity index (χ4v) is 1.11. The Labute approximate surface area is 102 Å². The third-order valence-corrected chi connectivity index (χ3v) is 2.16. The zero-order valence-corrected chi connectivity index (χ0v) is 9.88. The Bertz CT molecular complexity index is 427. The minimum atomic E-state index is -4.53. The summed E-state index contributed by atoms with van der Waals surface area (Å²) in [6, 6.07) is 1.78. The van der Waals surface area contributed by atoms with Gasteiger partial charge in [0.1, 0.15) is 5.69 Å². The lowest BCUT2D eigenvalue weighted by molar-refractivity contribution is -0.141. The third kappa shape index (κ3) is 3.69. The molecule has 100 valence electrons. The predicted molar refractivity (Wildman–Crippen MR) is 57.9 cm³/mol. The van der Waals surface area contributed by atoms with Gasteiger partial charge in [-0.15, -0.1) is 0 Å². The van der Waals surface area contributed by atoms with E-state index in [4.69, 9.17) is 5.11 Å². The second kappa shape index (κ2) is 4.93. The van der Waals surface area contributed by atoms with E-state index in [-0.39, 0.29) is 12.2 Å². The number of amides is 1. The molecule has 0 aliphatic heterocycles. The van der Waals surface area contributed by atoms with E-state index in [9.17, 15) is 18.0 Å². The second-order valence-corrected chi connectivity index (χ2v) is 4.43. The highest BCUT2D eigenvalue weighted by Gasteiger charge is 2.32. The van der Waals surface area contributed by atoms with Crippen LogP contribution in [0.15, 0.2) is 18.3 Å². The number of alkyl halides is 3. The van der Waals surface area contributed by atoms with Crippen molar-refractivity contribution in [2.45, 2.75) is 25.6 Å². The molecule has 0 atom stereocenters. The first-order valence-electron chi connectivity index (χ1n) is 5.12. The Kier molecular flexibility index (Phi) is 3.95. The molecule has 1 heterocycles. The van der Waals surface area contributed by atoms with E-state index >= 15 is 0 Å². The molecule has 1 rings (SSSR count). The lowest BCUT2D eigenvalue weighted by atomic mass is 10.1. The van der Waals surface area contributed by atoms with Gasteiger partial charge in [0.05, 0.1) is 17.7 Å². The molecule has 18 heavy (non-hydrogen) atoms. The van der Waals surface area contributed by atoms with Crippen molar-refractivity contribution in [3.05, 3.63) is 29.6 Å². The van der Waals surface area contributed by atoms with Crippen molar-refractivity contribution < 1.29 is 23.1 Å². The summed E-state index contributed by atoms with van der Waals surface area (Å²) in [6.45, 7) is 2.89. The number of carbonyl (C=O) groups excluding carboxylic acids is 1. The highest BCUT2D eigenvalue weighted by Crippen LogP contribution is 2.27. The monoisotopic (exact) mass is 262 g/mol. The number of aromatic nitrogens is 1. The smallest absolute Gasteiger partial charge is 0.394 e. The van der Waals surface area contributed by atoms with Gasteiger partial charge in [0.2, 0.25) is 0 Å². The summed E-state index contributed by atoms with van der Waals surface area (Å²) in [4.78, 5) is 14.8. The topological polar surface area (TPSA) is 62.2 Å². The average molecular weight is 262 g/mol. The van der Waals surface area contributed by atoms with Gasteiger partial charge in [-0.25, -0.2) is 0 Å². The lowest BCUT2D eigenvalue weighted by Gasteiger charge is -2.23. The zero-order valence-electron chi connectivity index (χ0n) is 9.88. The van der Waals surface area contributed by atoms with E-state index in [0.717, 1.165) is 18.3 Å². The number of hydrogen-bond donors (Lipinski definition) is 2. The van der Waals surface area contributed by atoms with Crippen LogP contribution in [0, 0.1) is 0 Å². The average Bonchev–Trinajstić information content (AvgIpc) is 2.27. The van der Waals surface area contributed by atoms with Crippen LogP contribution in [-0.4, -0.2) is 28.1 Å². The first kappa shape index (κ1) is 14.4. The van der Waals surface area contributed by atoms with E-state index in [2.05, 4.69) is 10.3 Å². The number of halogens is 3. The van der Waals surface area contributed by atoms with Gasteiger partial charge in [-0.2, -0.15) is 13.2 Å². The Balaban J connectivity index is 2.83. The molecule has 4 nitrogen and oxygen atoms in total. The summed E-state index contributed by atoms with van der Waals surface area (Å²) >= 11 is 0. The zero-order chi connectivity index (χ0) is 14.0. The van der Waals surface area contributed by atoms with Crippen LogP contribution in [0.25, 0.3) is 0 Å². The van der Waals surface area contributed by atoms with Gasteiger partial charge in [-0.1, -0.05) is 0 Å². The van der Waals surface area contributed by atoms with Gasteiger partial charge in [-0.05, 0) is 26.0 Å². The maximum absolute atomic E-state index is 12.3. The molecule has 0 aliphatic rings. The number of aliphatic hydroxyl groups is 1. The van der Waals surface area contributed by atoms with Crippen LogP contribution in [0.2, 0.25) is 0 Å². The quantitative estimate of drug-likeness (QED) is 0.869. The Morgan fingerprint density at radius 3 is 2.39 bits per heavy atom. The normalized spacial score (nSPS) is 12.3. The minimum absolute atomic E-state index is 0.00419. The van der Waals surface area contributed by atoms with Gasteiger partial charge >= 0.3 is 6.18 Å². The highest BCUT2D eigenvalue weighted by molar-refractivity contribution is 5.94. The van der Waals surface area contributed by atoms with Crippen LogP contribution in [0.3, 0.4) is 0 Å². The van der Waals surface area contributed by atoms with Crippen LogP contribution >= 0.6 is 0 Å². The molecule has 0 spiro atoms. The summed E-state index contributed by atoms with van der Waals surface area (Å²) in [6.07, 6.45) is -3.68. The fraction of sp³-hybridized carbons (Fsp3) is 0.455. The number of nitrogens with one attached hydrogen (secondary N) is 1. The van der Waals surface area contributed by atoms with Gasteiger partial charge in [0.15, 0.2) is 0 Å². The molecule has 0 saturated heterocycles. The molecule has 0 fully saturated rings. The molecular weight excluding hydrogens is 249 g/mol. The van der Waals surface area contributed by atoms with Crippen LogP contribution in [-0.2, 0) is 6.18 Å². The van der Waals surface area contributed by atoms with E-state index < -0.39 is 23.3 Å². The minimum Gasteiger partial charge on any atom is -0.394 e. The number of aliphatic hydroxyl groups excluding tert-OH is 1. The summed E-state index contributed by atoms with van der Waals surface area (Å²) in [5, 5.41) is 11.4. The van der Waals surface area contributed by atoms with Gasteiger partial charge in [-0.3, -0.25) is 9.78 Å². The van der Waals surface area contributed by atoms with Gasteiger partial charge in [0, 0.05) is 6.20 Å². The van der Waals surface area contributed by atoms with Crippen LogP contribution < -0.4 is 5.32 Å². The Morgan fingerprint density at radius 2 is 2.00 bits per heavy atom. The molecule has 1 amide bonds. The van der Waals surface area contributed by atoms with Crippen LogP contribution in [0.1, 0.15) is 29.9 Å². The molecule has 0 radical (unpaired) electrons. The molecule has 0 saturated carbocycles. The van der Waals surface area contributed by atoms with Crippen molar-refractivity contribution in [3.63, 3.8) is 0 Å². The molecule has 0 aliphatic carbocycles. The highest BCUT2D eigenvalue weighted by atomic mass is 19.4. The van der Waals surface area contributed by atoms with Gasteiger partial charge in [0.25, 0.3) is 5.91 Å². The molecule has 0 aromatic carbocycles. The molecule has 1 aromatic rings. The molecule has 1 aromatic heterocycles. The number of carbonyl (C=O) groups is 1. The first-order chi connectivity index (χ1) is 8.15. The SMILES string of the molecule is CC(C)(CO)NC(=O)c1ccc(C(F)(F)F)nc1. The summed E-state index contributed by atoms with van der Waals surface area (Å²) in [7, 11) is 0. The number of hydrogen-bond acceptors (Lipinski definition) is 3. The largest absolute Gasteiger partial charge is 0.433 e. The summed E-state index contributed by atoms with van der Waals surface area (Å²) < 4.78 is 36.8. The molecule has 0 unspecified atom stereocenters. The Morgan fingerprint density at radius 1 is 1.39 bits per heavy atom. The predicted octanol–water partition coefficient (Wildman–Crippen LogP) is 1.60. The van der Waals surface area contributed by atoms with Crippen LogP contribution in [0.5, 0.6) is 0 Å². The Hall–Kier alpha value is -1.63. The van der Waals surface area contributed by atoms with Crippen molar-refractivity contribution in [2.24, 2.45) is 0 Å². The van der Waals surface area contributed by atoms with E-state index in [0.29, 0.717) is 0 Å². The van der Waals surface area contributed by atoms with Crippen LogP contribution in [0.4, 0.5) is 13.2 Å². The third-order valence-electron chi connectivity index (χ3n) is 2.16. The molecular formula is C11H13F3N2O2. The fourth-order valence-electron chi connectivity index (χ4n) is 1.11. The maximum Gasteiger partial charge on any atom is 0.433 e. The van der Waals surface area contributed by atoms with Crippen molar-refractivity contribution in [1.82, 2.24) is 10.3 Å². The van der Waals surface area contributed by atoms with Crippen molar-refractivity contribution in [2.75, 3.05) is 6.61 Å². The van der Waals surface area contributed by atoms with E-state index in [1.54, 1.807) is 13.8 Å². The van der Waals surface area contributed by atoms with E-state index in [1.165, 1.54) is 0 Å². The van der Waals surface area contributed by atoms with Crippen molar-refractivity contribution in [1.29, 1.82) is 0 Å². The van der Waals surface area contributed by atoms with Crippen molar-refractivity contribution >= 4 is 5.91 Å². The second-order valence-electron chi connectivity index (χ2n) is 4.43. The molecule has 7 heteroatoms. The standard InChI is InChI=1S/C11H13F3N2O2/c1-10(2,6-17)16-9(18)7-3-4-8(15-5-7)11(12,13)14/h3-5,17H,6H2,1-2H3,(H,16,18). The summed E-state index contributed by atoms with van der Waals surface area (Å²) in [5.41, 5.74) is -1.90. The van der Waals surface area contributed by atoms with E-state index in [1.807, 2.05) is 0 Å². The molecule has 0 bridgehead atoms. The van der Waals surface area contributed by atoms with Gasteiger partial charge < -0.3 is 10.4 Å². The first-order valence-corrected chi connectivity index (χ1v) is 5.12. The van der Waals surface area contributed by atoms with Crippen molar-refractivity contribution in [3.8, 4) is 0 Å². The maximum atomic E-state index is 12.3. The molecule has 2 N–H and O–H groups in total. The summed E-state index contributed by atoms with van der Waals surface area (Å²) in [5.74, 6) is -0.588. The lowest BCUT2D eigenvalue weighted by Crippen LogP contribution is -2.46.